The van der Waals surface area contributed by atoms with Gasteiger partial charge in [-0.15, -0.1) is 0 Å². The second-order valence-corrected chi connectivity index (χ2v) is 6.14. The lowest BCUT2D eigenvalue weighted by molar-refractivity contribution is -0.385. The fraction of sp³-hybridized carbons (Fsp3) is 0.188. The molecular formula is C16H14ClFN6O3. The van der Waals surface area contributed by atoms with Crippen LogP contribution in [-0.2, 0) is 17.9 Å². The number of amides is 1. The van der Waals surface area contributed by atoms with Crippen LogP contribution in [0, 0.1) is 22.9 Å². The number of benzene rings is 1. The Labute approximate surface area is 157 Å². The molecule has 0 aliphatic carbocycles. The molecule has 0 atom stereocenters. The van der Waals surface area contributed by atoms with Crippen molar-refractivity contribution in [3.63, 3.8) is 0 Å². The van der Waals surface area contributed by atoms with Crippen LogP contribution in [0.4, 0.5) is 15.9 Å². The van der Waals surface area contributed by atoms with Crippen LogP contribution in [0.1, 0.15) is 11.3 Å². The highest BCUT2D eigenvalue weighted by Crippen LogP contribution is 2.19. The Morgan fingerprint density at radius 1 is 1.33 bits per heavy atom. The van der Waals surface area contributed by atoms with Crippen LogP contribution in [-0.4, -0.2) is 30.4 Å². The molecule has 11 heteroatoms. The quantitative estimate of drug-likeness (QED) is 0.512. The normalized spacial score (nSPS) is 10.8. The van der Waals surface area contributed by atoms with Crippen molar-refractivity contribution in [3.8, 4) is 0 Å². The number of aryl methyl sites for hydroxylation is 1. The first-order chi connectivity index (χ1) is 12.8. The van der Waals surface area contributed by atoms with Gasteiger partial charge in [-0.2, -0.15) is 10.2 Å². The predicted molar refractivity (Wildman–Crippen MR) is 95.0 cm³/mol. The zero-order chi connectivity index (χ0) is 19.6. The minimum Gasteiger partial charge on any atom is -0.308 e. The largest absolute Gasteiger partial charge is 0.309 e. The number of carbonyl (C=O) groups is 1. The van der Waals surface area contributed by atoms with Crippen molar-refractivity contribution in [1.82, 2.24) is 19.6 Å². The number of anilines is 1. The average molecular weight is 393 g/mol. The fourth-order valence-electron chi connectivity index (χ4n) is 2.44. The van der Waals surface area contributed by atoms with Crippen molar-refractivity contribution in [2.75, 3.05) is 5.32 Å². The van der Waals surface area contributed by atoms with E-state index in [1.807, 2.05) is 0 Å². The molecule has 140 valence electrons. The van der Waals surface area contributed by atoms with Crippen LogP contribution in [0.25, 0.3) is 0 Å². The lowest BCUT2D eigenvalue weighted by Crippen LogP contribution is -2.19. The number of nitrogens with zero attached hydrogens (tertiary/aromatic N) is 5. The minimum atomic E-state index is -0.557. The number of nitrogens with one attached hydrogen (secondary N) is 1. The molecule has 0 aliphatic heterocycles. The lowest BCUT2D eigenvalue weighted by atomic mass is 10.2. The SMILES string of the molecule is Cc1nn(CC(=O)Nc2ccn(Cc3ccc(F)cc3Cl)n2)cc1[N+](=O)[O-]. The predicted octanol–water partition coefficient (Wildman–Crippen LogP) is 2.78. The van der Waals surface area contributed by atoms with Gasteiger partial charge in [-0.05, 0) is 24.6 Å². The molecule has 0 aliphatic rings. The topological polar surface area (TPSA) is 108 Å². The molecule has 27 heavy (non-hydrogen) atoms. The number of hydrogen-bond donors (Lipinski definition) is 1. The summed E-state index contributed by atoms with van der Waals surface area (Å²) in [5, 5.41) is 21.8. The highest BCUT2D eigenvalue weighted by atomic mass is 35.5. The van der Waals surface area contributed by atoms with Crippen molar-refractivity contribution in [2.45, 2.75) is 20.0 Å². The third-order valence-corrected chi connectivity index (χ3v) is 4.03. The van der Waals surface area contributed by atoms with Crippen molar-refractivity contribution >= 4 is 29.0 Å². The van der Waals surface area contributed by atoms with E-state index >= 15 is 0 Å². The molecule has 2 heterocycles. The lowest BCUT2D eigenvalue weighted by Gasteiger charge is -2.05. The molecule has 3 aromatic rings. The Hall–Kier alpha value is -3.27. The molecule has 0 radical (unpaired) electrons. The van der Waals surface area contributed by atoms with Crippen molar-refractivity contribution < 1.29 is 14.1 Å². The molecule has 9 nitrogen and oxygen atoms in total. The zero-order valence-corrected chi connectivity index (χ0v) is 14.9. The summed E-state index contributed by atoms with van der Waals surface area (Å²) in [5.74, 6) is -0.555. The molecule has 1 N–H and O–H groups in total. The van der Waals surface area contributed by atoms with Gasteiger partial charge in [0.05, 0.1) is 11.5 Å². The summed E-state index contributed by atoms with van der Waals surface area (Å²) in [5.41, 5.74) is 0.759. The van der Waals surface area contributed by atoms with E-state index in [0.29, 0.717) is 17.9 Å². The number of carbonyl (C=O) groups excluding carboxylic acids is 1. The van der Waals surface area contributed by atoms with Gasteiger partial charge < -0.3 is 5.32 Å². The van der Waals surface area contributed by atoms with Gasteiger partial charge in [0, 0.05) is 17.3 Å². The number of rotatable bonds is 6. The van der Waals surface area contributed by atoms with Gasteiger partial charge in [0.1, 0.15) is 24.3 Å². The molecule has 0 unspecified atom stereocenters. The second kappa shape index (κ2) is 7.54. The Morgan fingerprint density at radius 3 is 2.78 bits per heavy atom. The Morgan fingerprint density at radius 2 is 2.11 bits per heavy atom. The number of aromatic nitrogens is 4. The molecule has 0 saturated carbocycles. The molecule has 0 fully saturated rings. The van der Waals surface area contributed by atoms with Gasteiger partial charge >= 0.3 is 5.69 Å². The smallest absolute Gasteiger partial charge is 0.308 e. The van der Waals surface area contributed by atoms with Gasteiger partial charge in [-0.25, -0.2) is 4.39 Å². The van der Waals surface area contributed by atoms with Crippen LogP contribution in [0.2, 0.25) is 5.02 Å². The summed E-state index contributed by atoms with van der Waals surface area (Å²) in [6.07, 6.45) is 2.84. The maximum Gasteiger partial charge on any atom is 0.309 e. The van der Waals surface area contributed by atoms with E-state index in [1.165, 1.54) is 34.6 Å². The molecule has 3 rings (SSSR count). The zero-order valence-electron chi connectivity index (χ0n) is 14.1. The molecule has 0 saturated heterocycles. The Bertz CT molecular complexity index is 1020. The first-order valence-corrected chi connectivity index (χ1v) is 8.15. The highest BCUT2D eigenvalue weighted by Gasteiger charge is 2.17. The first kappa shape index (κ1) is 18.5. The summed E-state index contributed by atoms with van der Waals surface area (Å²) < 4.78 is 15.8. The van der Waals surface area contributed by atoms with E-state index in [1.54, 1.807) is 18.3 Å². The van der Waals surface area contributed by atoms with E-state index in [0.717, 1.165) is 0 Å². The monoisotopic (exact) mass is 392 g/mol. The van der Waals surface area contributed by atoms with Crippen LogP contribution >= 0.6 is 11.6 Å². The van der Waals surface area contributed by atoms with E-state index in [4.69, 9.17) is 11.6 Å². The van der Waals surface area contributed by atoms with Crippen LogP contribution in [0.15, 0.2) is 36.7 Å². The van der Waals surface area contributed by atoms with E-state index < -0.39 is 16.6 Å². The molecule has 2 aromatic heterocycles. The molecule has 1 amide bonds. The Balaban J connectivity index is 1.62. The molecule has 0 spiro atoms. The van der Waals surface area contributed by atoms with Gasteiger partial charge in [-0.1, -0.05) is 17.7 Å². The molecule has 0 bridgehead atoms. The maximum absolute atomic E-state index is 13.1. The second-order valence-electron chi connectivity index (χ2n) is 5.74. The standard InChI is InChI=1S/C16H14ClFN6O3/c1-10-14(24(26)27)8-23(20-10)9-16(25)19-15-4-5-22(21-15)7-11-2-3-12(18)6-13(11)17/h2-6,8H,7,9H2,1H3,(H,19,21,25). The van der Waals surface area contributed by atoms with Gasteiger partial charge in [0.15, 0.2) is 5.82 Å². The van der Waals surface area contributed by atoms with Gasteiger partial charge in [0.25, 0.3) is 0 Å². The average Bonchev–Trinajstić information content (AvgIpc) is 3.16. The third kappa shape index (κ3) is 4.47. The van der Waals surface area contributed by atoms with Crippen LogP contribution in [0.3, 0.4) is 0 Å². The van der Waals surface area contributed by atoms with Gasteiger partial charge in [0.2, 0.25) is 5.91 Å². The fourth-order valence-corrected chi connectivity index (χ4v) is 2.66. The van der Waals surface area contributed by atoms with E-state index in [-0.39, 0.29) is 22.9 Å². The highest BCUT2D eigenvalue weighted by molar-refractivity contribution is 6.31. The van der Waals surface area contributed by atoms with Crippen molar-refractivity contribution in [1.29, 1.82) is 0 Å². The first-order valence-electron chi connectivity index (χ1n) is 7.77. The summed E-state index contributed by atoms with van der Waals surface area (Å²) >= 11 is 5.99. The summed E-state index contributed by atoms with van der Waals surface area (Å²) in [4.78, 5) is 22.3. The van der Waals surface area contributed by atoms with Crippen molar-refractivity contribution in [2.24, 2.45) is 0 Å². The number of halogens is 2. The van der Waals surface area contributed by atoms with Crippen LogP contribution < -0.4 is 5.32 Å². The van der Waals surface area contributed by atoms with E-state index in [9.17, 15) is 19.3 Å². The number of nitro groups is 1. The summed E-state index contributed by atoms with van der Waals surface area (Å²) in [6, 6.07) is 5.67. The van der Waals surface area contributed by atoms with Crippen molar-refractivity contribution in [3.05, 3.63) is 68.9 Å². The summed E-state index contributed by atoms with van der Waals surface area (Å²) in [6.45, 7) is 1.61. The molecular weight excluding hydrogens is 379 g/mol. The Kier molecular flexibility index (Phi) is 5.17. The number of hydrogen-bond acceptors (Lipinski definition) is 5. The third-order valence-electron chi connectivity index (χ3n) is 3.68. The van der Waals surface area contributed by atoms with Gasteiger partial charge in [-0.3, -0.25) is 24.3 Å². The van der Waals surface area contributed by atoms with E-state index in [2.05, 4.69) is 15.5 Å². The molecule has 1 aromatic carbocycles. The van der Waals surface area contributed by atoms with Crippen LogP contribution in [0.5, 0.6) is 0 Å². The minimum absolute atomic E-state index is 0.150. The summed E-state index contributed by atoms with van der Waals surface area (Å²) in [7, 11) is 0. The maximum atomic E-state index is 13.1.